The third-order valence-corrected chi connectivity index (χ3v) is 3.52. The lowest BCUT2D eigenvalue weighted by Gasteiger charge is -2.16. The van der Waals surface area contributed by atoms with E-state index in [1.807, 2.05) is 24.3 Å². The fourth-order valence-electron chi connectivity index (χ4n) is 2.38. The number of benzene rings is 2. The van der Waals surface area contributed by atoms with Crippen LogP contribution >= 0.6 is 0 Å². The fraction of sp³-hybridized carbons (Fsp3) is 0.0476. The zero-order valence-corrected chi connectivity index (χ0v) is 12.8. The summed E-state index contributed by atoms with van der Waals surface area (Å²) in [4.78, 5) is 25.8. The van der Waals surface area contributed by atoms with Crippen molar-refractivity contribution < 1.29 is 9.59 Å². The molecule has 0 N–H and O–H groups in total. The molecule has 0 aliphatic rings. The van der Waals surface area contributed by atoms with Gasteiger partial charge in [0.1, 0.15) is 5.92 Å². The Morgan fingerprint density at radius 1 is 0.870 bits per heavy atom. The van der Waals surface area contributed by atoms with Gasteiger partial charge in [0.15, 0.2) is 11.6 Å². The van der Waals surface area contributed by atoms with Crippen molar-refractivity contribution in [1.29, 1.82) is 0 Å². The number of hydrogen-bond acceptors (Lipinski definition) is 2. The zero-order valence-electron chi connectivity index (χ0n) is 12.8. The van der Waals surface area contributed by atoms with E-state index < -0.39 is 5.92 Å². The van der Waals surface area contributed by atoms with E-state index in [0.29, 0.717) is 16.7 Å². The molecular weight excluding hydrogens is 284 g/mol. The molecule has 0 heterocycles. The molecule has 1 atom stereocenters. The summed E-state index contributed by atoms with van der Waals surface area (Å²) in [7, 11) is 0. The Hall–Kier alpha value is -3.00. The molecule has 0 aromatic heterocycles. The molecule has 2 nitrogen and oxygen atoms in total. The summed E-state index contributed by atoms with van der Waals surface area (Å²) in [5, 5.41) is 0. The van der Waals surface area contributed by atoms with Crippen molar-refractivity contribution in [3.05, 3.63) is 109 Å². The summed E-state index contributed by atoms with van der Waals surface area (Å²) in [6, 6.07) is 17.9. The molecule has 23 heavy (non-hydrogen) atoms. The van der Waals surface area contributed by atoms with E-state index >= 15 is 0 Å². The molecule has 2 aromatic carbocycles. The summed E-state index contributed by atoms with van der Waals surface area (Å²) in [5.41, 5.74) is 1.55. The summed E-state index contributed by atoms with van der Waals surface area (Å²) < 4.78 is 0. The molecule has 1 unspecified atom stereocenters. The minimum absolute atomic E-state index is 0.224. The van der Waals surface area contributed by atoms with E-state index in [9.17, 15) is 9.59 Å². The van der Waals surface area contributed by atoms with Crippen LogP contribution in [0.2, 0.25) is 0 Å². The summed E-state index contributed by atoms with van der Waals surface area (Å²) in [5.74, 6) is -1.39. The van der Waals surface area contributed by atoms with Crippen LogP contribution in [0, 0.1) is 0 Å². The number of hydrogen-bond donors (Lipinski definition) is 0. The monoisotopic (exact) mass is 302 g/mol. The third-order valence-electron chi connectivity index (χ3n) is 3.52. The van der Waals surface area contributed by atoms with Crippen molar-refractivity contribution >= 4 is 11.6 Å². The minimum atomic E-state index is -0.886. The number of rotatable bonds is 7. The Kier molecular flexibility index (Phi) is 5.59. The number of carbonyl (C=O) groups excluding carboxylic acids is 2. The molecular formula is C21H18O2. The quantitative estimate of drug-likeness (QED) is 0.326. The van der Waals surface area contributed by atoms with E-state index in [1.165, 1.54) is 12.2 Å². The van der Waals surface area contributed by atoms with Crippen LogP contribution in [0.1, 0.15) is 21.8 Å². The molecule has 0 fully saturated rings. The zero-order chi connectivity index (χ0) is 16.7. The van der Waals surface area contributed by atoms with Crippen molar-refractivity contribution in [3.8, 4) is 0 Å². The molecule has 0 bridgehead atoms. The predicted octanol–water partition coefficient (Wildman–Crippen LogP) is 4.52. The first-order valence-electron chi connectivity index (χ1n) is 7.32. The minimum Gasteiger partial charge on any atom is -0.293 e. The highest BCUT2D eigenvalue weighted by Crippen LogP contribution is 2.25. The SMILES string of the molecule is C=C/C=C(\C=C)C(=O)C(C(=O)c1ccccc1)c1ccccc1. The van der Waals surface area contributed by atoms with Crippen molar-refractivity contribution in [2.24, 2.45) is 0 Å². The van der Waals surface area contributed by atoms with E-state index in [4.69, 9.17) is 0 Å². The van der Waals surface area contributed by atoms with Crippen LogP contribution in [-0.4, -0.2) is 11.6 Å². The lowest BCUT2D eigenvalue weighted by atomic mass is 9.84. The largest absolute Gasteiger partial charge is 0.293 e. The smallest absolute Gasteiger partial charge is 0.178 e. The highest BCUT2D eigenvalue weighted by atomic mass is 16.2. The maximum Gasteiger partial charge on any atom is 0.178 e. The van der Waals surface area contributed by atoms with Gasteiger partial charge >= 0.3 is 0 Å². The second-order valence-corrected chi connectivity index (χ2v) is 5.00. The molecule has 0 aliphatic heterocycles. The lowest BCUT2D eigenvalue weighted by molar-refractivity contribution is -0.115. The average molecular weight is 302 g/mol. The molecule has 114 valence electrons. The van der Waals surface area contributed by atoms with Crippen molar-refractivity contribution in [1.82, 2.24) is 0 Å². The van der Waals surface area contributed by atoms with E-state index in [1.54, 1.807) is 42.5 Å². The molecule has 0 spiro atoms. The van der Waals surface area contributed by atoms with Gasteiger partial charge < -0.3 is 0 Å². The van der Waals surface area contributed by atoms with Gasteiger partial charge in [0.05, 0.1) is 0 Å². The van der Waals surface area contributed by atoms with Gasteiger partial charge in [0, 0.05) is 11.1 Å². The number of carbonyl (C=O) groups is 2. The first kappa shape index (κ1) is 16.4. The number of Topliss-reactive ketones (excluding diaryl/α,β-unsaturated/α-hetero) is 2. The molecule has 0 radical (unpaired) electrons. The Bertz CT molecular complexity index is 740. The standard InChI is InChI=1S/C21H18O2/c1-3-11-16(4-2)20(22)19(17-12-7-5-8-13-17)21(23)18-14-9-6-10-15-18/h3-15,19H,1-2H2/b16-11+. The van der Waals surface area contributed by atoms with Gasteiger partial charge in [-0.25, -0.2) is 0 Å². The van der Waals surface area contributed by atoms with E-state index in [-0.39, 0.29) is 11.6 Å². The van der Waals surface area contributed by atoms with Gasteiger partial charge in [0.2, 0.25) is 0 Å². The van der Waals surface area contributed by atoms with Crippen molar-refractivity contribution in [2.45, 2.75) is 5.92 Å². The summed E-state index contributed by atoms with van der Waals surface area (Å²) in [6.45, 7) is 7.27. The Morgan fingerprint density at radius 2 is 1.43 bits per heavy atom. The van der Waals surface area contributed by atoms with Gasteiger partial charge in [-0.15, -0.1) is 0 Å². The van der Waals surface area contributed by atoms with Gasteiger partial charge in [0.25, 0.3) is 0 Å². The van der Waals surface area contributed by atoms with Crippen LogP contribution in [0.15, 0.2) is 97.6 Å². The normalized spacial score (nSPS) is 12.3. The second kappa shape index (κ2) is 7.85. The van der Waals surface area contributed by atoms with Gasteiger partial charge in [-0.05, 0) is 5.56 Å². The van der Waals surface area contributed by atoms with Crippen molar-refractivity contribution in [3.63, 3.8) is 0 Å². The Balaban J connectivity index is 2.51. The lowest BCUT2D eigenvalue weighted by Crippen LogP contribution is -2.23. The number of allylic oxidation sites excluding steroid dienone is 4. The Labute approximate surface area is 136 Å². The van der Waals surface area contributed by atoms with E-state index in [2.05, 4.69) is 13.2 Å². The Morgan fingerprint density at radius 3 is 1.96 bits per heavy atom. The second-order valence-electron chi connectivity index (χ2n) is 5.00. The van der Waals surface area contributed by atoms with E-state index in [0.717, 1.165) is 0 Å². The van der Waals surface area contributed by atoms with Crippen LogP contribution < -0.4 is 0 Å². The molecule has 2 rings (SSSR count). The first-order chi connectivity index (χ1) is 11.2. The van der Waals surface area contributed by atoms with Gasteiger partial charge in [-0.3, -0.25) is 9.59 Å². The highest BCUT2D eigenvalue weighted by Gasteiger charge is 2.30. The maximum atomic E-state index is 12.9. The molecule has 0 saturated heterocycles. The summed E-state index contributed by atoms with van der Waals surface area (Å²) >= 11 is 0. The summed E-state index contributed by atoms with van der Waals surface area (Å²) in [6.07, 6.45) is 4.55. The third kappa shape index (κ3) is 3.80. The van der Waals surface area contributed by atoms with Crippen LogP contribution in [0.5, 0.6) is 0 Å². The van der Waals surface area contributed by atoms with Gasteiger partial charge in [-0.2, -0.15) is 0 Å². The molecule has 0 aliphatic carbocycles. The van der Waals surface area contributed by atoms with Crippen LogP contribution in [0.25, 0.3) is 0 Å². The van der Waals surface area contributed by atoms with Gasteiger partial charge in [-0.1, -0.05) is 92.0 Å². The molecule has 0 amide bonds. The average Bonchev–Trinajstić information content (AvgIpc) is 2.61. The number of ketones is 2. The predicted molar refractivity (Wildman–Crippen MR) is 93.4 cm³/mol. The van der Waals surface area contributed by atoms with Crippen LogP contribution in [0.3, 0.4) is 0 Å². The molecule has 2 aromatic rings. The highest BCUT2D eigenvalue weighted by molar-refractivity contribution is 6.20. The topological polar surface area (TPSA) is 34.1 Å². The van der Waals surface area contributed by atoms with Crippen molar-refractivity contribution in [2.75, 3.05) is 0 Å². The molecule has 2 heteroatoms. The fourth-order valence-corrected chi connectivity index (χ4v) is 2.38. The maximum absolute atomic E-state index is 12.9. The first-order valence-corrected chi connectivity index (χ1v) is 7.32. The molecule has 0 saturated carbocycles. The van der Waals surface area contributed by atoms with Crippen LogP contribution in [0.4, 0.5) is 0 Å². The van der Waals surface area contributed by atoms with Crippen LogP contribution in [-0.2, 0) is 4.79 Å².